The van der Waals surface area contributed by atoms with E-state index >= 15 is 0 Å². The lowest BCUT2D eigenvalue weighted by Crippen LogP contribution is -2.43. The maximum Gasteiger partial charge on any atom is 0.228 e. The number of benzene rings is 2. The van der Waals surface area contributed by atoms with Gasteiger partial charge >= 0.3 is 0 Å². The summed E-state index contributed by atoms with van der Waals surface area (Å²) >= 11 is 7.67. The van der Waals surface area contributed by atoms with Crippen LogP contribution in [0.4, 0.5) is 5.13 Å². The van der Waals surface area contributed by atoms with Crippen LogP contribution in [0.3, 0.4) is 0 Å². The number of carbonyl (C=O) groups excluding carboxylic acids is 1. The van der Waals surface area contributed by atoms with E-state index in [2.05, 4.69) is 4.90 Å². The number of nitrogens with zero attached hydrogens (tertiary/aromatic N) is 3. The fraction of sp³-hybridized carbons (Fsp3) is 0.440. The molecule has 10 heteroatoms. The van der Waals surface area contributed by atoms with Crippen molar-refractivity contribution >= 4 is 54.0 Å². The van der Waals surface area contributed by atoms with Crippen molar-refractivity contribution in [2.24, 2.45) is 0 Å². The van der Waals surface area contributed by atoms with E-state index in [-0.39, 0.29) is 24.5 Å². The fourth-order valence-corrected chi connectivity index (χ4v) is 6.84. The molecule has 2 heterocycles. The fourth-order valence-electron chi connectivity index (χ4n) is 4.06. The molecule has 0 radical (unpaired) electrons. The van der Waals surface area contributed by atoms with E-state index in [0.717, 1.165) is 34.4 Å². The zero-order valence-corrected chi connectivity index (χ0v) is 22.4. The summed E-state index contributed by atoms with van der Waals surface area (Å²) in [4.78, 5) is 22.4. The molecule has 0 unspecified atom stereocenters. The maximum atomic E-state index is 13.3. The van der Waals surface area contributed by atoms with Gasteiger partial charge in [0.2, 0.25) is 5.91 Å². The van der Waals surface area contributed by atoms with Gasteiger partial charge < -0.3 is 4.74 Å². The van der Waals surface area contributed by atoms with Gasteiger partial charge in [-0.1, -0.05) is 40.6 Å². The Labute approximate surface area is 215 Å². The molecule has 0 saturated carbocycles. The molecular formula is C25H30ClN3O4S2. The summed E-state index contributed by atoms with van der Waals surface area (Å²) in [6.45, 7) is 8.07. The van der Waals surface area contributed by atoms with E-state index in [9.17, 15) is 13.2 Å². The van der Waals surface area contributed by atoms with E-state index in [0.29, 0.717) is 41.4 Å². The van der Waals surface area contributed by atoms with Gasteiger partial charge in [0.05, 0.1) is 34.1 Å². The predicted octanol–water partition coefficient (Wildman–Crippen LogP) is 4.49. The summed E-state index contributed by atoms with van der Waals surface area (Å²) in [6, 6.07) is 10.5. The molecule has 3 aromatic rings. The lowest BCUT2D eigenvalue weighted by molar-refractivity contribution is -0.118. The van der Waals surface area contributed by atoms with Gasteiger partial charge in [-0.2, -0.15) is 0 Å². The minimum Gasteiger partial charge on any atom is -0.379 e. The average molecular weight is 536 g/mol. The highest BCUT2D eigenvalue weighted by atomic mass is 35.5. The van der Waals surface area contributed by atoms with Crippen LogP contribution < -0.4 is 4.90 Å². The molecule has 0 aliphatic carbocycles. The van der Waals surface area contributed by atoms with Crippen LogP contribution in [0.15, 0.2) is 41.3 Å². The third kappa shape index (κ3) is 6.59. The van der Waals surface area contributed by atoms with Crippen molar-refractivity contribution in [1.82, 2.24) is 9.88 Å². The van der Waals surface area contributed by atoms with Gasteiger partial charge in [-0.15, -0.1) is 0 Å². The van der Waals surface area contributed by atoms with Crippen LogP contribution >= 0.6 is 22.9 Å². The van der Waals surface area contributed by atoms with Crippen molar-refractivity contribution < 1.29 is 17.9 Å². The first-order chi connectivity index (χ1) is 16.7. The highest BCUT2D eigenvalue weighted by Crippen LogP contribution is 2.33. The number of ether oxygens (including phenoxy) is 1. The van der Waals surface area contributed by atoms with Crippen LogP contribution in [-0.2, 0) is 19.4 Å². The number of amides is 1. The molecule has 0 N–H and O–H groups in total. The number of aryl methyl sites for hydroxylation is 2. The molecule has 1 fully saturated rings. The van der Waals surface area contributed by atoms with Gasteiger partial charge in [-0.25, -0.2) is 13.4 Å². The summed E-state index contributed by atoms with van der Waals surface area (Å²) in [7, 11) is -3.44. The van der Waals surface area contributed by atoms with Crippen LogP contribution in [0.5, 0.6) is 0 Å². The van der Waals surface area contributed by atoms with Crippen molar-refractivity contribution in [3.8, 4) is 0 Å². The molecule has 1 aromatic heterocycles. The highest BCUT2D eigenvalue weighted by molar-refractivity contribution is 7.91. The normalized spacial score (nSPS) is 14.9. The number of fused-ring (bicyclic) bond motifs is 1. The van der Waals surface area contributed by atoms with Crippen LogP contribution in [0, 0.1) is 13.8 Å². The van der Waals surface area contributed by atoms with E-state index in [4.69, 9.17) is 21.3 Å². The van der Waals surface area contributed by atoms with Crippen LogP contribution in [0.2, 0.25) is 5.02 Å². The summed E-state index contributed by atoms with van der Waals surface area (Å²) in [5.41, 5.74) is 2.79. The summed E-state index contributed by atoms with van der Waals surface area (Å²) in [6.07, 6.45) is 0.378. The molecule has 1 saturated heterocycles. The molecule has 0 spiro atoms. The molecule has 7 nitrogen and oxygen atoms in total. The average Bonchev–Trinajstić information content (AvgIpc) is 3.24. The molecule has 188 valence electrons. The zero-order chi connectivity index (χ0) is 25.0. The zero-order valence-electron chi connectivity index (χ0n) is 20.0. The lowest BCUT2D eigenvalue weighted by Gasteiger charge is -2.29. The molecule has 1 aliphatic heterocycles. The smallest absolute Gasteiger partial charge is 0.228 e. The van der Waals surface area contributed by atoms with E-state index in [1.165, 1.54) is 11.3 Å². The van der Waals surface area contributed by atoms with Crippen LogP contribution in [0.25, 0.3) is 10.2 Å². The number of anilines is 1. The number of sulfone groups is 1. The minimum atomic E-state index is -3.44. The second kappa shape index (κ2) is 11.3. The van der Waals surface area contributed by atoms with Gasteiger partial charge in [0, 0.05) is 37.6 Å². The Morgan fingerprint density at radius 2 is 1.89 bits per heavy atom. The number of carbonyl (C=O) groups is 1. The van der Waals surface area contributed by atoms with Crippen LogP contribution in [0.1, 0.15) is 24.0 Å². The third-order valence-corrected chi connectivity index (χ3v) is 9.16. The van der Waals surface area contributed by atoms with Crippen molar-refractivity contribution in [1.29, 1.82) is 0 Å². The molecular weight excluding hydrogens is 506 g/mol. The molecule has 0 bridgehead atoms. The number of hydrogen-bond acceptors (Lipinski definition) is 7. The monoisotopic (exact) mass is 535 g/mol. The van der Waals surface area contributed by atoms with Crippen molar-refractivity contribution in [3.63, 3.8) is 0 Å². The van der Waals surface area contributed by atoms with Crippen molar-refractivity contribution in [2.45, 2.75) is 31.6 Å². The Bertz CT molecular complexity index is 1290. The first-order valence-corrected chi connectivity index (χ1v) is 14.5. The SMILES string of the molecule is Cc1ccc(S(=O)(=O)CCCC(=O)N(CCN2CCOCC2)c2nc3c(C)cc(Cl)cc3s2)cc1. The number of rotatable bonds is 9. The molecule has 4 rings (SSSR count). The third-order valence-electron chi connectivity index (χ3n) is 6.10. The Hall–Kier alpha value is -2.04. The van der Waals surface area contributed by atoms with Crippen molar-refractivity contribution in [2.75, 3.05) is 50.0 Å². The van der Waals surface area contributed by atoms with Gasteiger partial charge in [0.15, 0.2) is 15.0 Å². The summed E-state index contributed by atoms with van der Waals surface area (Å²) in [5.74, 6) is -0.201. The van der Waals surface area contributed by atoms with E-state index in [1.54, 1.807) is 29.2 Å². The Balaban J connectivity index is 1.48. The van der Waals surface area contributed by atoms with Crippen molar-refractivity contribution in [3.05, 3.63) is 52.5 Å². The second-order valence-corrected chi connectivity index (χ2v) is 12.4. The molecule has 1 amide bonds. The molecule has 1 aliphatic rings. The molecule has 35 heavy (non-hydrogen) atoms. The standard InChI is InChI=1S/C25H30ClN3O4S2/c1-18-5-7-21(8-6-18)35(31,32)15-3-4-23(30)29(10-9-28-11-13-33-14-12-28)25-27-24-19(2)16-20(26)17-22(24)34-25/h5-8,16-17H,3-4,9-15H2,1-2H3. The van der Waals surface area contributed by atoms with E-state index < -0.39 is 9.84 Å². The summed E-state index contributed by atoms with van der Waals surface area (Å²) in [5, 5.41) is 1.25. The Morgan fingerprint density at radius 1 is 1.17 bits per heavy atom. The lowest BCUT2D eigenvalue weighted by atomic mass is 10.2. The highest BCUT2D eigenvalue weighted by Gasteiger charge is 2.23. The van der Waals surface area contributed by atoms with Crippen LogP contribution in [-0.4, -0.2) is 69.4 Å². The molecule has 0 atom stereocenters. The first-order valence-electron chi connectivity index (χ1n) is 11.7. The number of morpholine rings is 1. The van der Waals surface area contributed by atoms with E-state index in [1.807, 2.05) is 26.0 Å². The quantitative estimate of drug-likeness (QED) is 0.402. The number of aromatic nitrogens is 1. The predicted molar refractivity (Wildman–Crippen MR) is 141 cm³/mol. The molecule has 2 aromatic carbocycles. The minimum absolute atomic E-state index is 0.0757. The number of thiazole rings is 1. The van der Waals surface area contributed by atoms with Gasteiger partial charge in [0.25, 0.3) is 0 Å². The maximum absolute atomic E-state index is 13.3. The largest absolute Gasteiger partial charge is 0.379 e. The number of halogens is 1. The Morgan fingerprint density at radius 3 is 2.60 bits per heavy atom. The topological polar surface area (TPSA) is 79.8 Å². The summed E-state index contributed by atoms with van der Waals surface area (Å²) < 4.78 is 31.8. The van der Waals surface area contributed by atoms with Gasteiger partial charge in [-0.05, 0) is 50.1 Å². The Kier molecular flexibility index (Phi) is 8.44. The van der Waals surface area contributed by atoms with Gasteiger partial charge in [-0.3, -0.25) is 14.6 Å². The second-order valence-electron chi connectivity index (χ2n) is 8.80. The van der Waals surface area contributed by atoms with Gasteiger partial charge in [0.1, 0.15) is 0 Å². The first kappa shape index (κ1) is 26.0. The number of hydrogen-bond donors (Lipinski definition) is 0.